The molecule has 1 saturated heterocycles. The van der Waals surface area contributed by atoms with E-state index in [9.17, 15) is 4.39 Å². The Balaban J connectivity index is 2.15. The Hall–Kier alpha value is -1.76. The monoisotopic (exact) mass is 296 g/mol. The van der Waals surface area contributed by atoms with E-state index in [-0.39, 0.29) is 28.9 Å². The van der Waals surface area contributed by atoms with Crippen molar-refractivity contribution in [2.45, 2.75) is 45.2 Å². The maximum atomic E-state index is 15.1. The van der Waals surface area contributed by atoms with E-state index in [1.165, 1.54) is 24.0 Å². The van der Waals surface area contributed by atoms with Crippen LogP contribution in [0.1, 0.15) is 33.4 Å². The van der Waals surface area contributed by atoms with Gasteiger partial charge in [-0.2, -0.15) is 0 Å². The summed E-state index contributed by atoms with van der Waals surface area (Å²) in [4.78, 5) is 7.80. The predicted octanol–water partition coefficient (Wildman–Crippen LogP) is 2.82. The van der Waals surface area contributed by atoms with E-state index in [2.05, 4.69) is 9.97 Å². The quantitative estimate of drug-likeness (QED) is 0.925. The number of nitrogens with zero attached hydrogens (tertiary/aromatic N) is 3. The average molecular weight is 296 g/mol. The Morgan fingerprint density at radius 1 is 1.48 bits per heavy atom. The molecule has 0 saturated carbocycles. The van der Waals surface area contributed by atoms with Crippen molar-refractivity contribution in [2.75, 3.05) is 5.73 Å². The van der Waals surface area contributed by atoms with Crippen LogP contribution in [0.5, 0.6) is 0 Å². The first-order valence-electron chi connectivity index (χ1n) is 6.98. The van der Waals surface area contributed by atoms with E-state index in [0.717, 1.165) is 0 Å². The number of ether oxygens (including phenoxy) is 1. The van der Waals surface area contributed by atoms with Crippen LogP contribution in [0.2, 0.25) is 0 Å². The van der Waals surface area contributed by atoms with Crippen LogP contribution >= 0.6 is 0 Å². The van der Waals surface area contributed by atoms with E-state index in [0.29, 0.717) is 6.42 Å². The third kappa shape index (κ3) is 1.91. The molecule has 0 spiro atoms. The molecular formula is C14H18F2N4O. The minimum Gasteiger partial charge on any atom is -0.383 e. The zero-order valence-electron chi connectivity index (χ0n) is 12.2. The molecule has 1 aliphatic rings. The van der Waals surface area contributed by atoms with E-state index in [1.54, 1.807) is 6.92 Å². The lowest BCUT2D eigenvalue weighted by atomic mass is 9.88. The third-order valence-electron chi connectivity index (χ3n) is 4.48. The fraction of sp³-hybridized carbons (Fsp3) is 0.571. The number of halogens is 2. The average Bonchev–Trinajstić information content (AvgIpc) is 2.87. The number of rotatable bonds is 2. The van der Waals surface area contributed by atoms with Crippen LogP contribution in [0.4, 0.5) is 14.6 Å². The Kier molecular flexibility index (Phi) is 3.12. The summed E-state index contributed by atoms with van der Waals surface area (Å²) in [6.07, 6.45) is 1.96. The Bertz CT molecular complexity index is 685. The summed E-state index contributed by atoms with van der Waals surface area (Å²) in [6.45, 7) is 5.22. The molecule has 0 bridgehead atoms. The van der Waals surface area contributed by atoms with Gasteiger partial charge in [-0.05, 0) is 13.3 Å². The minimum absolute atomic E-state index is 0.0369. The molecular weight excluding hydrogens is 278 g/mol. The summed E-state index contributed by atoms with van der Waals surface area (Å²) >= 11 is 0. The maximum absolute atomic E-state index is 15.1. The highest BCUT2D eigenvalue weighted by Crippen LogP contribution is 2.47. The highest BCUT2D eigenvalue weighted by Gasteiger charge is 2.52. The van der Waals surface area contributed by atoms with Gasteiger partial charge in [-0.3, -0.25) is 4.57 Å². The van der Waals surface area contributed by atoms with Crippen molar-refractivity contribution in [3.63, 3.8) is 0 Å². The van der Waals surface area contributed by atoms with Gasteiger partial charge in [0.15, 0.2) is 23.4 Å². The van der Waals surface area contributed by atoms with Gasteiger partial charge in [0.25, 0.3) is 0 Å². The van der Waals surface area contributed by atoms with E-state index < -0.39 is 17.7 Å². The summed E-state index contributed by atoms with van der Waals surface area (Å²) in [5, 5.41) is 0.101. The van der Waals surface area contributed by atoms with Gasteiger partial charge in [0.05, 0.1) is 11.5 Å². The topological polar surface area (TPSA) is 66.0 Å². The summed E-state index contributed by atoms with van der Waals surface area (Å²) in [6, 6.07) is 0. The molecule has 0 radical (unpaired) electrons. The van der Waals surface area contributed by atoms with E-state index in [1.807, 2.05) is 6.92 Å². The normalized spacial score (nSPS) is 32.9. The fourth-order valence-electron chi connectivity index (χ4n) is 3.03. The molecule has 1 aliphatic heterocycles. The molecule has 2 aromatic heterocycles. The van der Waals surface area contributed by atoms with Gasteiger partial charge in [-0.15, -0.1) is 0 Å². The van der Waals surface area contributed by atoms with Crippen LogP contribution < -0.4 is 5.73 Å². The van der Waals surface area contributed by atoms with E-state index >= 15 is 4.39 Å². The standard InChI is InChI=1S/C14H18F2N4O/c1-4-9-7(2)14(3,16)13(21-9)20-5-8(15)10-11(17)18-6-19-12(10)20/h5-7,9,13H,4H2,1-3H3,(H2,17,18,19)/t7-,9-,13-,14-/m1/s1. The number of alkyl halides is 1. The molecule has 7 heteroatoms. The summed E-state index contributed by atoms with van der Waals surface area (Å²) in [7, 11) is 0. The van der Waals surface area contributed by atoms with Crippen LogP contribution in [-0.2, 0) is 4.74 Å². The molecule has 21 heavy (non-hydrogen) atoms. The second-order valence-corrected chi connectivity index (χ2v) is 5.72. The van der Waals surface area contributed by atoms with Crippen LogP contribution in [0.15, 0.2) is 12.5 Å². The molecule has 0 amide bonds. The molecule has 0 aliphatic carbocycles. The van der Waals surface area contributed by atoms with Crippen LogP contribution in [-0.4, -0.2) is 26.3 Å². The molecule has 3 rings (SSSR count). The number of hydrogen-bond acceptors (Lipinski definition) is 4. The molecule has 2 aromatic rings. The van der Waals surface area contributed by atoms with Gasteiger partial charge >= 0.3 is 0 Å². The van der Waals surface area contributed by atoms with Crippen LogP contribution in [0.25, 0.3) is 11.0 Å². The predicted molar refractivity (Wildman–Crippen MR) is 74.8 cm³/mol. The Morgan fingerprint density at radius 3 is 2.81 bits per heavy atom. The Labute approximate surface area is 121 Å². The molecule has 5 nitrogen and oxygen atoms in total. The number of fused-ring (bicyclic) bond motifs is 1. The van der Waals surface area contributed by atoms with Gasteiger partial charge in [0, 0.05) is 12.1 Å². The highest BCUT2D eigenvalue weighted by molar-refractivity contribution is 5.86. The van der Waals surface area contributed by atoms with Crippen molar-refractivity contribution < 1.29 is 13.5 Å². The molecule has 114 valence electrons. The molecule has 0 unspecified atom stereocenters. The third-order valence-corrected chi connectivity index (χ3v) is 4.48. The molecule has 1 fully saturated rings. The van der Waals surface area contributed by atoms with Gasteiger partial charge < -0.3 is 10.5 Å². The molecule has 2 N–H and O–H groups in total. The summed E-state index contributed by atoms with van der Waals surface area (Å²) in [5.41, 5.74) is 4.30. The number of anilines is 1. The van der Waals surface area contributed by atoms with Crippen molar-refractivity contribution >= 4 is 16.9 Å². The van der Waals surface area contributed by atoms with Crippen molar-refractivity contribution in [2.24, 2.45) is 5.92 Å². The Morgan fingerprint density at radius 2 is 2.19 bits per heavy atom. The minimum atomic E-state index is -1.63. The van der Waals surface area contributed by atoms with Gasteiger partial charge in [0.1, 0.15) is 12.1 Å². The zero-order chi connectivity index (χ0) is 15.4. The van der Waals surface area contributed by atoms with Crippen molar-refractivity contribution in [1.82, 2.24) is 14.5 Å². The van der Waals surface area contributed by atoms with Crippen LogP contribution in [0.3, 0.4) is 0 Å². The first kappa shape index (κ1) is 14.2. The number of aromatic nitrogens is 3. The van der Waals surface area contributed by atoms with Gasteiger partial charge in [-0.1, -0.05) is 13.8 Å². The number of nitrogens with two attached hydrogens (primary N) is 1. The van der Waals surface area contributed by atoms with Crippen molar-refractivity contribution in [3.05, 3.63) is 18.3 Å². The summed E-state index contributed by atoms with van der Waals surface area (Å²) in [5.74, 6) is -0.836. The summed E-state index contributed by atoms with van der Waals surface area (Å²) < 4.78 is 36.4. The lowest BCUT2D eigenvalue weighted by Crippen LogP contribution is -2.33. The lowest BCUT2D eigenvalue weighted by molar-refractivity contribution is -0.0450. The maximum Gasteiger partial charge on any atom is 0.169 e. The first-order chi connectivity index (χ1) is 9.87. The van der Waals surface area contributed by atoms with E-state index in [4.69, 9.17) is 10.5 Å². The largest absolute Gasteiger partial charge is 0.383 e. The van der Waals surface area contributed by atoms with Crippen LogP contribution in [0, 0.1) is 11.7 Å². The second-order valence-electron chi connectivity index (χ2n) is 5.72. The molecule has 3 heterocycles. The van der Waals surface area contributed by atoms with Gasteiger partial charge in [-0.25, -0.2) is 18.7 Å². The fourth-order valence-corrected chi connectivity index (χ4v) is 3.03. The smallest absolute Gasteiger partial charge is 0.169 e. The van der Waals surface area contributed by atoms with Crippen molar-refractivity contribution in [1.29, 1.82) is 0 Å². The number of nitrogen functional groups attached to an aromatic ring is 1. The number of hydrogen-bond donors (Lipinski definition) is 1. The second kappa shape index (κ2) is 4.62. The molecule has 4 atom stereocenters. The van der Waals surface area contributed by atoms with Gasteiger partial charge in [0.2, 0.25) is 0 Å². The zero-order valence-corrected chi connectivity index (χ0v) is 12.2. The SMILES string of the molecule is CC[C@H]1O[C@@H](n2cc(F)c3c(N)ncnc32)[C@](C)(F)[C@@H]1C. The first-order valence-corrected chi connectivity index (χ1v) is 6.98. The highest BCUT2D eigenvalue weighted by atomic mass is 19.1. The lowest BCUT2D eigenvalue weighted by Gasteiger charge is -2.25. The molecule has 0 aromatic carbocycles. The van der Waals surface area contributed by atoms with Crippen molar-refractivity contribution in [3.8, 4) is 0 Å².